The zero-order valence-electron chi connectivity index (χ0n) is 12.3. The van der Waals surface area contributed by atoms with Gasteiger partial charge in [0, 0.05) is 16.0 Å². The maximum Gasteiger partial charge on any atom is 0.138 e. The van der Waals surface area contributed by atoms with E-state index in [1.54, 1.807) is 25.5 Å². The summed E-state index contributed by atoms with van der Waals surface area (Å²) in [6.45, 7) is 0. The van der Waals surface area contributed by atoms with Crippen molar-refractivity contribution in [3.8, 4) is 5.75 Å². The van der Waals surface area contributed by atoms with Crippen molar-refractivity contribution in [3.05, 3.63) is 64.3 Å². The monoisotopic (exact) mass is 345 g/mol. The van der Waals surface area contributed by atoms with Crippen LogP contribution < -0.4 is 10.2 Å². The molecule has 0 atom stereocenters. The molecule has 0 aliphatic heterocycles. The van der Waals surface area contributed by atoms with Gasteiger partial charge in [-0.2, -0.15) is 5.10 Å². The van der Waals surface area contributed by atoms with Crippen LogP contribution in [-0.2, 0) is 0 Å². The van der Waals surface area contributed by atoms with E-state index >= 15 is 0 Å². The molecule has 3 rings (SSSR count). The molecule has 1 heterocycles. The predicted molar refractivity (Wildman–Crippen MR) is 96.0 cm³/mol. The molecule has 0 bridgehead atoms. The van der Waals surface area contributed by atoms with Crippen molar-refractivity contribution in [2.45, 2.75) is 0 Å². The maximum absolute atomic E-state index is 6.20. The molecule has 1 aromatic heterocycles. The first-order valence-corrected chi connectivity index (χ1v) is 7.60. The van der Waals surface area contributed by atoms with Crippen molar-refractivity contribution in [2.75, 3.05) is 12.5 Å². The Balaban J connectivity index is 1.85. The van der Waals surface area contributed by atoms with E-state index in [9.17, 15) is 0 Å². The number of aromatic nitrogens is 1. The van der Waals surface area contributed by atoms with Crippen LogP contribution in [0.1, 0.15) is 5.56 Å². The summed E-state index contributed by atoms with van der Waals surface area (Å²) in [5.41, 5.74) is 5.27. The van der Waals surface area contributed by atoms with Crippen LogP contribution >= 0.6 is 23.2 Å². The fraction of sp³-hybridized carbons (Fsp3) is 0.0588. The van der Waals surface area contributed by atoms with Crippen molar-refractivity contribution >= 4 is 46.0 Å². The third-order valence-electron chi connectivity index (χ3n) is 3.24. The predicted octanol–water partition coefficient (Wildman–Crippen LogP) is 5.00. The number of hydrazone groups is 1. The quantitative estimate of drug-likeness (QED) is 0.411. The van der Waals surface area contributed by atoms with Crippen LogP contribution in [0.15, 0.2) is 53.6 Å². The Kier molecular flexibility index (Phi) is 4.65. The smallest absolute Gasteiger partial charge is 0.138 e. The van der Waals surface area contributed by atoms with Gasteiger partial charge < -0.3 is 4.74 Å². The Hall–Kier alpha value is -2.30. The highest BCUT2D eigenvalue weighted by atomic mass is 35.5. The van der Waals surface area contributed by atoms with Gasteiger partial charge in [0.05, 0.1) is 24.5 Å². The van der Waals surface area contributed by atoms with Gasteiger partial charge in [0.15, 0.2) is 0 Å². The third kappa shape index (κ3) is 3.73. The van der Waals surface area contributed by atoms with Crippen molar-refractivity contribution < 1.29 is 4.74 Å². The number of ether oxygens (including phenoxy) is 1. The molecule has 23 heavy (non-hydrogen) atoms. The van der Waals surface area contributed by atoms with Crippen LogP contribution in [0.5, 0.6) is 5.75 Å². The van der Waals surface area contributed by atoms with E-state index in [1.807, 2.05) is 36.4 Å². The van der Waals surface area contributed by atoms with E-state index in [4.69, 9.17) is 27.9 Å². The zero-order chi connectivity index (χ0) is 16.2. The topological polar surface area (TPSA) is 46.5 Å². The molecule has 1 N–H and O–H groups in total. The molecule has 0 aliphatic rings. The molecule has 2 aromatic carbocycles. The summed E-state index contributed by atoms with van der Waals surface area (Å²) in [6, 6.07) is 14.8. The Morgan fingerprint density at radius 2 is 1.87 bits per heavy atom. The molecule has 116 valence electrons. The minimum atomic E-state index is 0.393. The molecule has 4 nitrogen and oxygen atoms in total. The second-order valence-corrected chi connectivity index (χ2v) is 5.60. The van der Waals surface area contributed by atoms with Gasteiger partial charge in [0.1, 0.15) is 10.9 Å². The van der Waals surface area contributed by atoms with E-state index in [0.717, 1.165) is 22.3 Å². The lowest BCUT2D eigenvalue weighted by molar-refractivity contribution is 0.415. The standard InChI is InChI=1S/C17H13Cl2N3O/c1-23-15-6-7-16-11(9-15)8-12(17(19)21-16)10-20-22-14-4-2-13(18)3-5-14/h2-10,22H,1H3/b20-10-. The minimum absolute atomic E-state index is 0.393. The zero-order valence-corrected chi connectivity index (χ0v) is 13.8. The Morgan fingerprint density at radius 1 is 1.09 bits per heavy atom. The molecule has 0 radical (unpaired) electrons. The number of methoxy groups -OCH3 is 1. The van der Waals surface area contributed by atoms with Crippen LogP contribution in [0.4, 0.5) is 5.69 Å². The lowest BCUT2D eigenvalue weighted by Crippen LogP contribution is -1.93. The second kappa shape index (κ2) is 6.86. The fourth-order valence-electron chi connectivity index (χ4n) is 2.07. The van der Waals surface area contributed by atoms with E-state index in [0.29, 0.717) is 15.7 Å². The first kappa shape index (κ1) is 15.6. The molecule has 0 amide bonds. The number of benzene rings is 2. The molecule has 0 saturated carbocycles. The first-order valence-electron chi connectivity index (χ1n) is 6.84. The van der Waals surface area contributed by atoms with Crippen molar-refractivity contribution in [1.82, 2.24) is 4.98 Å². The van der Waals surface area contributed by atoms with E-state index in [-0.39, 0.29) is 0 Å². The average Bonchev–Trinajstić information content (AvgIpc) is 2.56. The Labute approximate surface area is 143 Å². The van der Waals surface area contributed by atoms with Crippen molar-refractivity contribution in [3.63, 3.8) is 0 Å². The summed E-state index contributed by atoms with van der Waals surface area (Å²) < 4.78 is 5.22. The van der Waals surface area contributed by atoms with Gasteiger partial charge in [-0.05, 0) is 48.5 Å². The number of rotatable bonds is 4. The molecule has 3 aromatic rings. The Bertz CT molecular complexity index is 864. The van der Waals surface area contributed by atoms with Crippen LogP contribution in [0.25, 0.3) is 10.9 Å². The molecule has 0 aliphatic carbocycles. The summed E-state index contributed by atoms with van der Waals surface area (Å²) in [5, 5.41) is 6.18. The number of nitrogens with one attached hydrogen (secondary N) is 1. The summed E-state index contributed by atoms with van der Waals surface area (Å²) in [6.07, 6.45) is 1.63. The molecule has 6 heteroatoms. The normalized spacial score (nSPS) is 11.1. The summed E-state index contributed by atoms with van der Waals surface area (Å²) in [5.74, 6) is 0.767. The van der Waals surface area contributed by atoms with Crippen LogP contribution in [-0.4, -0.2) is 18.3 Å². The lowest BCUT2D eigenvalue weighted by atomic mass is 10.1. The van der Waals surface area contributed by atoms with Gasteiger partial charge in [-0.25, -0.2) is 4.98 Å². The largest absolute Gasteiger partial charge is 0.497 e. The molecular formula is C17H13Cl2N3O. The summed E-state index contributed by atoms with van der Waals surface area (Å²) in [7, 11) is 1.63. The third-order valence-corrected chi connectivity index (χ3v) is 3.80. The van der Waals surface area contributed by atoms with Gasteiger partial charge >= 0.3 is 0 Å². The molecule has 0 fully saturated rings. The molecule has 0 spiro atoms. The van der Waals surface area contributed by atoms with Crippen LogP contribution in [0, 0.1) is 0 Å². The highest BCUT2D eigenvalue weighted by Gasteiger charge is 2.04. The SMILES string of the molecule is COc1ccc2nc(Cl)c(/C=N\Nc3ccc(Cl)cc3)cc2c1. The van der Waals surface area contributed by atoms with Gasteiger partial charge in [0.25, 0.3) is 0 Å². The first-order chi connectivity index (χ1) is 11.2. The van der Waals surface area contributed by atoms with Gasteiger partial charge in [-0.1, -0.05) is 23.2 Å². The Morgan fingerprint density at radius 3 is 2.61 bits per heavy atom. The highest BCUT2D eigenvalue weighted by molar-refractivity contribution is 6.32. The summed E-state index contributed by atoms with van der Waals surface area (Å²) in [4.78, 5) is 4.36. The minimum Gasteiger partial charge on any atom is -0.497 e. The number of hydrogen-bond acceptors (Lipinski definition) is 4. The van der Waals surface area contributed by atoms with Crippen molar-refractivity contribution in [1.29, 1.82) is 0 Å². The number of halogens is 2. The number of anilines is 1. The maximum atomic E-state index is 6.20. The van der Waals surface area contributed by atoms with Crippen molar-refractivity contribution in [2.24, 2.45) is 5.10 Å². The highest BCUT2D eigenvalue weighted by Crippen LogP contribution is 2.23. The fourth-order valence-corrected chi connectivity index (χ4v) is 2.39. The van der Waals surface area contributed by atoms with Gasteiger partial charge in [-0.15, -0.1) is 0 Å². The number of hydrogen-bond donors (Lipinski definition) is 1. The number of pyridine rings is 1. The van der Waals surface area contributed by atoms with Gasteiger partial charge in [-0.3, -0.25) is 5.43 Å². The lowest BCUT2D eigenvalue weighted by Gasteiger charge is -2.05. The van der Waals surface area contributed by atoms with E-state index < -0.39 is 0 Å². The molecule has 0 saturated heterocycles. The number of fused-ring (bicyclic) bond motifs is 1. The van der Waals surface area contributed by atoms with Crippen LogP contribution in [0.2, 0.25) is 10.2 Å². The van der Waals surface area contributed by atoms with Gasteiger partial charge in [0.2, 0.25) is 0 Å². The van der Waals surface area contributed by atoms with E-state index in [2.05, 4.69) is 15.5 Å². The summed E-state index contributed by atoms with van der Waals surface area (Å²) >= 11 is 12.0. The second-order valence-electron chi connectivity index (χ2n) is 4.80. The van der Waals surface area contributed by atoms with Crippen LogP contribution in [0.3, 0.4) is 0 Å². The van der Waals surface area contributed by atoms with E-state index in [1.165, 1.54) is 0 Å². The molecular weight excluding hydrogens is 333 g/mol. The molecule has 0 unspecified atom stereocenters. The number of nitrogens with zero attached hydrogens (tertiary/aromatic N) is 2. The average molecular weight is 346 g/mol.